The van der Waals surface area contributed by atoms with Gasteiger partial charge in [0.15, 0.2) is 0 Å². The Morgan fingerprint density at radius 3 is 2.23 bits per heavy atom. The Morgan fingerprint density at radius 1 is 1.00 bits per heavy atom. The van der Waals surface area contributed by atoms with E-state index in [0.717, 1.165) is 11.1 Å². The van der Waals surface area contributed by atoms with Crippen LogP contribution in [0.3, 0.4) is 0 Å². The van der Waals surface area contributed by atoms with Crippen molar-refractivity contribution in [3.8, 4) is 11.5 Å². The molecule has 0 saturated carbocycles. The molecular formula is C22H28N2O5S. The predicted molar refractivity (Wildman–Crippen MR) is 116 cm³/mol. The number of hydrogen-bond acceptors (Lipinski definition) is 5. The smallest absolute Gasteiger partial charge is 0.243 e. The van der Waals surface area contributed by atoms with Gasteiger partial charge in [0.2, 0.25) is 15.9 Å². The summed E-state index contributed by atoms with van der Waals surface area (Å²) in [6.45, 7) is 4.36. The van der Waals surface area contributed by atoms with E-state index in [1.807, 2.05) is 32.0 Å². The normalized spacial score (nSPS) is 15.6. The molecule has 0 aromatic heterocycles. The van der Waals surface area contributed by atoms with Crippen molar-refractivity contribution in [3.05, 3.63) is 47.5 Å². The number of rotatable bonds is 6. The molecule has 1 aliphatic heterocycles. The molecule has 1 fully saturated rings. The molecule has 0 atom stereocenters. The number of piperidine rings is 1. The number of hydrogen-bond donors (Lipinski definition) is 1. The molecule has 1 saturated heterocycles. The van der Waals surface area contributed by atoms with Gasteiger partial charge in [-0.2, -0.15) is 4.31 Å². The second kappa shape index (κ2) is 9.06. The van der Waals surface area contributed by atoms with Gasteiger partial charge < -0.3 is 14.8 Å². The van der Waals surface area contributed by atoms with Crippen molar-refractivity contribution in [1.29, 1.82) is 0 Å². The van der Waals surface area contributed by atoms with Gasteiger partial charge in [0, 0.05) is 19.0 Å². The van der Waals surface area contributed by atoms with Crippen molar-refractivity contribution in [3.63, 3.8) is 0 Å². The third-order valence-corrected chi connectivity index (χ3v) is 7.34. The van der Waals surface area contributed by atoms with E-state index < -0.39 is 10.0 Å². The Hall–Kier alpha value is -2.58. The van der Waals surface area contributed by atoms with Crippen molar-refractivity contribution in [2.24, 2.45) is 5.92 Å². The number of carbonyl (C=O) groups excluding carboxylic acids is 1. The number of nitrogens with zero attached hydrogens (tertiary/aromatic N) is 1. The molecule has 1 N–H and O–H groups in total. The van der Waals surface area contributed by atoms with Gasteiger partial charge in [0.1, 0.15) is 11.5 Å². The molecular weight excluding hydrogens is 404 g/mol. The lowest BCUT2D eigenvalue weighted by molar-refractivity contribution is -0.120. The summed E-state index contributed by atoms with van der Waals surface area (Å²) < 4.78 is 38.0. The highest BCUT2D eigenvalue weighted by Gasteiger charge is 2.32. The van der Waals surface area contributed by atoms with Crippen molar-refractivity contribution < 1.29 is 22.7 Å². The fourth-order valence-corrected chi connectivity index (χ4v) is 5.23. The molecule has 0 radical (unpaired) electrons. The molecule has 0 spiro atoms. The number of amides is 1. The van der Waals surface area contributed by atoms with E-state index in [1.54, 1.807) is 32.4 Å². The van der Waals surface area contributed by atoms with Crippen LogP contribution in [0.5, 0.6) is 11.5 Å². The van der Waals surface area contributed by atoms with E-state index >= 15 is 0 Å². The van der Waals surface area contributed by atoms with Crippen LogP contribution in [0.4, 0.5) is 5.69 Å². The molecule has 162 valence electrons. The molecule has 1 amide bonds. The number of nitrogens with one attached hydrogen (secondary N) is 1. The van der Waals surface area contributed by atoms with Crippen molar-refractivity contribution >= 4 is 21.6 Å². The number of sulfonamides is 1. The maximum atomic E-state index is 13.0. The molecule has 3 rings (SSSR count). The van der Waals surface area contributed by atoms with Crippen molar-refractivity contribution in [1.82, 2.24) is 4.31 Å². The quantitative estimate of drug-likeness (QED) is 0.757. The Morgan fingerprint density at radius 2 is 1.63 bits per heavy atom. The van der Waals surface area contributed by atoms with Gasteiger partial charge in [-0.05, 0) is 68.1 Å². The van der Waals surface area contributed by atoms with Gasteiger partial charge in [-0.25, -0.2) is 8.42 Å². The SMILES string of the molecule is COc1ccc(S(=O)(=O)N2CCC(C(=O)Nc3cc(C)ccc3OC)CC2)cc1C. The summed E-state index contributed by atoms with van der Waals surface area (Å²) in [6.07, 6.45) is 0.933. The third-order valence-electron chi connectivity index (χ3n) is 5.44. The first-order valence-electron chi connectivity index (χ1n) is 9.86. The van der Waals surface area contributed by atoms with Gasteiger partial charge in [-0.15, -0.1) is 0 Å². The standard InChI is InChI=1S/C22H28N2O5S/c1-15-5-7-21(29-4)19(13-15)23-22(25)17-9-11-24(12-10-17)30(26,27)18-6-8-20(28-3)16(2)14-18/h5-8,13-14,17H,9-12H2,1-4H3,(H,23,25). The van der Waals surface area contributed by atoms with Crippen LogP contribution in [-0.2, 0) is 14.8 Å². The summed E-state index contributed by atoms with van der Waals surface area (Å²) in [7, 11) is -0.493. The fourth-order valence-electron chi connectivity index (χ4n) is 3.67. The topological polar surface area (TPSA) is 84.9 Å². The van der Waals surface area contributed by atoms with Crippen LogP contribution in [0.25, 0.3) is 0 Å². The number of anilines is 1. The summed E-state index contributed by atoms with van der Waals surface area (Å²) in [5, 5.41) is 2.93. The first-order valence-corrected chi connectivity index (χ1v) is 11.3. The maximum Gasteiger partial charge on any atom is 0.243 e. The lowest BCUT2D eigenvalue weighted by Gasteiger charge is -2.30. The van der Waals surface area contributed by atoms with E-state index in [2.05, 4.69) is 5.32 Å². The van der Waals surface area contributed by atoms with E-state index in [9.17, 15) is 13.2 Å². The predicted octanol–water partition coefficient (Wildman–Crippen LogP) is 3.36. The second-order valence-electron chi connectivity index (χ2n) is 7.50. The molecule has 0 bridgehead atoms. The van der Waals surface area contributed by atoms with Crippen LogP contribution < -0.4 is 14.8 Å². The molecule has 2 aromatic carbocycles. The lowest BCUT2D eigenvalue weighted by atomic mass is 9.97. The summed E-state index contributed by atoms with van der Waals surface area (Å²) in [5.74, 6) is 0.884. The largest absolute Gasteiger partial charge is 0.496 e. The van der Waals surface area contributed by atoms with Crippen LogP contribution in [0.1, 0.15) is 24.0 Å². The maximum absolute atomic E-state index is 13.0. The minimum absolute atomic E-state index is 0.115. The number of benzene rings is 2. The second-order valence-corrected chi connectivity index (χ2v) is 9.44. The minimum Gasteiger partial charge on any atom is -0.496 e. The molecule has 30 heavy (non-hydrogen) atoms. The van der Waals surface area contributed by atoms with E-state index in [0.29, 0.717) is 43.1 Å². The highest BCUT2D eigenvalue weighted by molar-refractivity contribution is 7.89. The van der Waals surface area contributed by atoms with Crippen molar-refractivity contribution in [2.75, 3.05) is 32.6 Å². The highest BCUT2D eigenvalue weighted by atomic mass is 32.2. The van der Waals surface area contributed by atoms with Crippen LogP contribution in [0.2, 0.25) is 0 Å². The van der Waals surface area contributed by atoms with Gasteiger partial charge in [-0.3, -0.25) is 4.79 Å². The lowest BCUT2D eigenvalue weighted by Crippen LogP contribution is -2.41. The summed E-state index contributed by atoms with van der Waals surface area (Å²) in [4.78, 5) is 13.0. The Kier molecular flexibility index (Phi) is 6.67. The third kappa shape index (κ3) is 4.60. The molecule has 8 heteroatoms. The zero-order valence-corrected chi connectivity index (χ0v) is 18.6. The Bertz CT molecular complexity index is 1030. The Labute approximate surface area is 178 Å². The molecule has 1 heterocycles. The molecule has 2 aromatic rings. The van der Waals surface area contributed by atoms with Gasteiger partial charge in [0.05, 0.1) is 24.8 Å². The number of ether oxygens (including phenoxy) is 2. The average Bonchev–Trinajstić information content (AvgIpc) is 2.74. The first-order chi connectivity index (χ1) is 14.3. The van der Waals surface area contributed by atoms with E-state index in [1.165, 1.54) is 4.31 Å². The van der Waals surface area contributed by atoms with E-state index in [4.69, 9.17) is 9.47 Å². The summed E-state index contributed by atoms with van der Waals surface area (Å²) >= 11 is 0. The highest BCUT2D eigenvalue weighted by Crippen LogP contribution is 2.29. The zero-order valence-electron chi connectivity index (χ0n) is 17.8. The van der Waals surface area contributed by atoms with Crippen LogP contribution in [0.15, 0.2) is 41.3 Å². The van der Waals surface area contributed by atoms with Crippen LogP contribution in [0, 0.1) is 19.8 Å². The first kappa shape index (κ1) is 22.1. The van der Waals surface area contributed by atoms with Crippen LogP contribution >= 0.6 is 0 Å². The molecule has 0 aliphatic carbocycles. The fraction of sp³-hybridized carbons (Fsp3) is 0.409. The Balaban J connectivity index is 1.66. The van der Waals surface area contributed by atoms with Gasteiger partial charge in [-0.1, -0.05) is 6.07 Å². The monoisotopic (exact) mass is 432 g/mol. The van der Waals surface area contributed by atoms with Crippen LogP contribution in [-0.4, -0.2) is 45.9 Å². The van der Waals surface area contributed by atoms with Gasteiger partial charge >= 0.3 is 0 Å². The minimum atomic E-state index is -3.61. The molecule has 0 unspecified atom stereocenters. The summed E-state index contributed by atoms with van der Waals surface area (Å²) in [5.41, 5.74) is 2.41. The molecule has 7 nitrogen and oxygen atoms in total. The van der Waals surface area contributed by atoms with Gasteiger partial charge in [0.25, 0.3) is 0 Å². The van der Waals surface area contributed by atoms with E-state index in [-0.39, 0.29) is 16.7 Å². The average molecular weight is 433 g/mol. The molecule has 1 aliphatic rings. The summed E-state index contributed by atoms with van der Waals surface area (Å²) in [6, 6.07) is 10.4. The van der Waals surface area contributed by atoms with Crippen molar-refractivity contribution in [2.45, 2.75) is 31.6 Å². The number of aryl methyl sites for hydroxylation is 2. The zero-order chi connectivity index (χ0) is 21.9. The number of carbonyl (C=O) groups is 1. The number of methoxy groups -OCH3 is 2.